The zero-order valence-corrected chi connectivity index (χ0v) is 18.0. The molecule has 0 aromatic carbocycles. The first-order valence-corrected chi connectivity index (χ1v) is 10.4. The van der Waals surface area contributed by atoms with Gasteiger partial charge in [0.2, 0.25) is 11.5 Å². The van der Waals surface area contributed by atoms with Crippen molar-refractivity contribution in [1.82, 2.24) is 19.9 Å². The van der Waals surface area contributed by atoms with Crippen LogP contribution in [-0.4, -0.2) is 26.5 Å². The molecule has 0 saturated heterocycles. The van der Waals surface area contributed by atoms with E-state index in [0.29, 0.717) is 18.1 Å². The molecule has 152 valence electrons. The number of aromatic amines is 2. The molecule has 0 amide bonds. The van der Waals surface area contributed by atoms with Gasteiger partial charge < -0.3 is 10.3 Å². The van der Waals surface area contributed by atoms with Gasteiger partial charge in [0.05, 0.1) is 0 Å². The number of anilines is 1. The lowest BCUT2D eigenvalue weighted by Crippen LogP contribution is -2.19. The summed E-state index contributed by atoms with van der Waals surface area (Å²) in [7, 11) is 0. The fourth-order valence-corrected chi connectivity index (χ4v) is 3.57. The molecule has 0 spiro atoms. The van der Waals surface area contributed by atoms with Gasteiger partial charge in [-0.25, -0.2) is 4.98 Å². The molecule has 0 saturated carbocycles. The van der Waals surface area contributed by atoms with Gasteiger partial charge in [0.1, 0.15) is 0 Å². The lowest BCUT2D eigenvalue weighted by molar-refractivity contribution is 0.740. The number of rotatable bonds is 8. The van der Waals surface area contributed by atoms with E-state index >= 15 is 0 Å². The second-order valence-corrected chi connectivity index (χ2v) is 7.94. The summed E-state index contributed by atoms with van der Waals surface area (Å²) in [6.45, 7) is 4.69. The van der Waals surface area contributed by atoms with E-state index in [1.165, 1.54) is 11.6 Å². The van der Waals surface area contributed by atoms with Gasteiger partial charge in [-0.15, -0.1) is 0 Å². The van der Waals surface area contributed by atoms with Crippen LogP contribution in [0.4, 0.5) is 5.95 Å². The van der Waals surface area contributed by atoms with Crippen molar-refractivity contribution < 1.29 is 0 Å². The fourth-order valence-electron chi connectivity index (χ4n) is 3.13. The largest absolute Gasteiger partial charge is 0.356 e. The number of unbranched alkanes of at least 4 members (excludes halogenated alkanes) is 1. The molecule has 0 radical (unpaired) electrons. The Morgan fingerprint density at radius 2 is 2.00 bits per heavy atom. The predicted molar refractivity (Wildman–Crippen MR) is 118 cm³/mol. The molecule has 3 aromatic rings. The maximum atomic E-state index is 12.4. The third-order valence-corrected chi connectivity index (χ3v) is 5.32. The summed E-state index contributed by atoms with van der Waals surface area (Å²) in [6.07, 6.45) is 7.89. The average Bonchev–Trinajstić information content (AvgIpc) is 2.69. The minimum atomic E-state index is -0.184. The van der Waals surface area contributed by atoms with E-state index in [1.54, 1.807) is 18.5 Å². The summed E-state index contributed by atoms with van der Waals surface area (Å²) >= 11 is 3.43. The van der Waals surface area contributed by atoms with Crippen LogP contribution >= 0.6 is 15.9 Å². The van der Waals surface area contributed by atoms with Gasteiger partial charge in [-0.2, -0.15) is 0 Å². The van der Waals surface area contributed by atoms with Gasteiger partial charge in [-0.3, -0.25) is 19.6 Å². The predicted octanol–water partition coefficient (Wildman–Crippen LogP) is 3.51. The molecule has 3 N–H and O–H groups in total. The van der Waals surface area contributed by atoms with E-state index in [2.05, 4.69) is 54.2 Å². The minimum Gasteiger partial charge on any atom is -0.356 e. The highest BCUT2D eigenvalue weighted by molar-refractivity contribution is 9.10. The summed E-state index contributed by atoms with van der Waals surface area (Å²) in [5, 5.41) is 3.17. The maximum Gasteiger partial charge on any atom is 0.256 e. The van der Waals surface area contributed by atoms with Crippen LogP contribution in [0.1, 0.15) is 48.1 Å². The second kappa shape index (κ2) is 9.65. The Kier molecular flexibility index (Phi) is 6.98. The Hall–Kier alpha value is -2.74. The molecule has 0 aliphatic heterocycles. The van der Waals surface area contributed by atoms with Crippen LogP contribution in [0.3, 0.4) is 0 Å². The Morgan fingerprint density at radius 3 is 2.69 bits per heavy atom. The number of nitrogens with zero attached hydrogens (tertiary/aromatic N) is 2. The average molecular weight is 458 g/mol. The van der Waals surface area contributed by atoms with Gasteiger partial charge in [0, 0.05) is 52.8 Å². The third-order valence-electron chi connectivity index (χ3n) is 4.89. The lowest BCUT2D eigenvalue weighted by atomic mass is 9.97. The van der Waals surface area contributed by atoms with Crippen molar-refractivity contribution in [1.29, 1.82) is 0 Å². The van der Waals surface area contributed by atoms with Gasteiger partial charge in [0.25, 0.3) is 5.56 Å². The highest BCUT2D eigenvalue weighted by atomic mass is 79.9. The van der Waals surface area contributed by atoms with E-state index in [1.807, 2.05) is 13.1 Å². The minimum absolute atomic E-state index is 0.168. The quantitative estimate of drug-likeness (QED) is 0.449. The summed E-state index contributed by atoms with van der Waals surface area (Å²) in [5.41, 5.74) is 3.36. The Bertz CT molecular complexity index is 1070. The standard InChI is InChI=1S/C21H24BrN5O2/c1-13-9-16(22)11-24-18(13)5-3-4-8-23-21-26-12-17(20(29)27-21)14(2)15-6-7-19(28)25-10-15/h6-7,9-12,14H,3-5,8H2,1-2H3,(H,25,28)(H2,23,26,27,29). The number of aromatic nitrogens is 4. The molecule has 29 heavy (non-hydrogen) atoms. The van der Waals surface area contributed by atoms with Crippen LogP contribution in [0.25, 0.3) is 0 Å². The van der Waals surface area contributed by atoms with Crippen LogP contribution < -0.4 is 16.4 Å². The van der Waals surface area contributed by atoms with Crippen LogP contribution in [-0.2, 0) is 6.42 Å². The molecule has 1 unspecified atom stereocenters. The molecular weight excluding hydrogens is 434 g/mol. The van der Waals surface area contributed by atoms with E-state index in [9.17, 15) is 9.59 Å². The van der Waals surface area contributed by atoms with Gasteiger partial charge in [0.15, 0.2) is 0 Å². The Labute approximate surface area is 177 Å². The smallest absolute Gasteiger partial charge is 0.256 e. The fraction of sp³-hybridized carbons (Fsp3) is 0.333. The van der Waals surface area contributed by atoms with Crippen LogP contribution in [0.15, 0.2) is 50.9 Å². The van der Waals surface area contributed by atoms with Gasteiger partial charge in [-0.1, -0.05) is 13.0 Å². The van der Waals surface area contributed by atoms with Crippen molar-refractivity contribution >= 4 is 21.9 Å². The summed E-state index contributed by atoms with van der Waals surface area (Å²) < 4.78 is 0.994. The zero-order valence-electron chi connectivity index (χ0n) is 16.5. The van der Waals surface area contributed by atoms with Crippen molar-refractivity contribution in [3.05, 3.63) is 84.4 Å². The topological polar surface area (TPSA) is 104 Å². The molecule has 0 fully saturated rings. The number of hydrogen-bond acceptors (Lipinski definition) is 5. The van der Waals surface area contributed by atoms with E-state index < -0.39 is 0 Å². The number of pyridine rings is 2. The molecule has 3 aromatic heterocycles. The molecule has 1 atom stereocenters. The van der Waals surface area contributed by atoms with Crippen molar-refractivity contribution in [2.75, 3.05) is 11.9 Å². The summed E-state index contributed by atoms with van der Waals surface area (Å²) in [4.78, 5) is 37.8. The molecule has 0 bridgehead atoms. The first-order chi connectivity index (χ1) is 13.9. The van der Waals surface area contributed by atoms with Crippen molar-refractivity contribution in [3.63, 3.8) is 0 Å². The van der Waals surface area contributed by atoms with Crippen LogP contribution in [0.5, 0.6) is 0 Å². The first kappa shape index (κ1) is 21.0. The Morgan fingerprint density at radius 1 is 1.17 bits per heavy atom. The molecule has 3 rings (SSSR count). The van der Waals surface area contributed by atoms with Gasteiger partial charge in [-0.05, 0) is 59.3 Å². The van der Waals surface area contributed by atoms with E-state index in [4.69, 9.17) is 0 Å². The van der Waals surface area contributed by atoms with Crippen molar-refractivity contribution in [2.45, 2.75) is 39.0 Å². The maximum absolute atomic E-state index is 12.4. The molecule has 7 nitrogen and oxygen atoms in total. The monoisotopic (exact) mass is 457 g/mol. The number of halogens is 1. The van der Waals surface area contributed by atoms with Crippen LogP contribution in [0.2, 0.25) is 0 Å². The second-order valence-electron chi connectivity index (χ2n) is 7.03. The third kappa shape index (κ3) is 5.63. The number of hydrogen-bond donors (Lipinski definition) is 3. The highest BCUT2D eigenvalue weighted by Crippen LogP contribution is 2.19. The number of aryl methyl sites for hydroxylation is 2. The van der Waals surface area contributed by atoms with Crippen molar-refractivity contribution in [2.24, 2.45) is 0 Å². The first-order valence-electron chi connectivity index (χ1n) is 9.57. The zero-order chi connectivity index (χ0) is 20.8. The molecule has 0 aliphatic rings. The van der Waals surface area contributed by atoms with E-state index in [-0.39, 0.29) is 17.0 Å². The Balaban J connectivity index is 1.52. The van der Waals surface area contributed by atoms with E-state index in [0.717, 1.165) is 35.0 Å². The molecular formula is C21H24BrN5O2. The van der Waals surface area contributed by atoms with Crippen LogP contribution in [0, 0.1) is 6.92 Å². The lowest BCUT2D eigenvalue weighted by Gasteiger charge is -2.12. The van der Waals surface area contributed by atoms with Gasteiger partial charge >= 0.3 is 0 Å². The normalized spacial score (nSPS) is 12.0. The molecule has 8 heteroatoms. The summed E-state index contributed by atoms with van der Waals surface area (Å²) in [6, 6.07) is 5.25. The number of H-pyrrole nitrogens is 2. The highest BCUT2D eigenvalue weighted by Gasteiger charge is 2.13. The molecule has 0 aliphatic carbocycles. The van der Waals surface area contributed by atoms with Crippen molar-refractivity contribution in [3.8, 4) is 0 Å². The molecule has 3 heterocycles. The SMILES string of the molecule is Cc1cc(Br)cnc1CCCCNc1ncc(C(C)c2ccc(=O)[nH]c2)c(=O)[nH]1. The summed E-state index contributed by atoms with van der Waals surface area (Å²) in [5.74, 6) is 0.296. The number of nitrogens with one attached hydrogen (secondary N) is 3.